The number of aliphatic hydroxyl groups is 3. The SMILES string of the molecule is C[C@@H](N[C@@H](C(=O)O)[C@@H](O)CCc1ccccc1)c1ccccc1.C[C@H](c1ccccc1)N1CC(=O)N(C(=O)OC(C)(C)C)[C@H]1c1c(Cl)cccc1Cl.C[C@H](c1ccccc1)N1[C@H](c2c(Cl)cccc2Cl)N(C(=O)OC(C)(C)C)C(=O)[C@H]1[C@@H](O)CCc1ccccc1.N[C@@H](C(=O)O)[C@@H](O)CCc1ccccc1.O=CCCc1ccccc1. The molecule has 0 saturated carbocycles. The highest BCUT2D eigenvalue weighted by molar-refractivity contribution is 6.36. The summed E-state index contributed by atoms with van der Waals surface area (Å²) in [7, 11) is 0. The number of carbonyl (C=O) groups is 7. The molecule has 11 atom stereocenters. The standard InChI is InChI=1S/C31H34Cl2N2O4.C22H24Cl2N2O3.C19H23NO3.C11H15NO3.C9H10O/c1-20(22-14-9-6-10-15-22)34-27(25(36)19-18-21-12-7-5-8-13-21)29(37)35(30(38)39-31(2,3)4)28(34)26-23(32)16-11-17-24(26)33;1-14(15-9-6-5-7-10-15)25-13-18(27)26(21(28)29-22(2,3)4)20(25)19-16(23)11-8-12-17(19)24;1-14(16-10-6-3-7-11-16)20-18(19(22)23)17(21)13-12-15-8-4-2-5-9-15;12-10(11(14)15)9(13)7-6-8-4-2-1-3-5-8;10-8-4-7-9-5-2-1-3-6-9/h5-17,20,25,27-28,36H,18-19H2,1-4H3;5-12,14,20H,13H2,1-4H3;2-11,14,17-18,20-21H,12-13H2,1H3,(H,22,23);1-5,9-10,13H,6-7,12H2,(H,14,15);1-3,5-6,8H,4,7H2/t20-,25+,27-,28+;14-,20+;14-,17+,18-;9-,10+;/m1110./s1. The lowest BCUT2D eigenvalue weighted by Crippen LogP contribution is -2.47. The van der Waals surface area contributed by atoms with E-state index in [1.54, 1.807) is 77.9 Å². The number of rotatable bonds is 26. The van der Waals surface area contributed by atoms with Crippen molar-refractivity contribution in [1.29, 1.82) is 0 Å². The predicted octanol–water partition coefficient (Wildman–Crippen LogP) is 18.0. The Balaban J connectivity index is 0.000000214. The molecule has 2 saturated heterocycles. The number of carboxylic acid groups (broad SMARTS) is 2. The van der Waals surface area contributed by atoms with Crippen LogP contribution in [-0.4, -0.2) is 142 Å². The molecule has 0 aliphatic carbocycles. The van der Waals surface area contributed by atoms with E-state index >= 15 is 0 Å². The molecule has 0 spiro atoms. The quantitative estimate of drug-likeness (QED) is 0.0248. The number of nitrogens with two attached hydrogens (primary N) is 1. The van der Waals surface area contributed by atoms with Gasteiger partial charge in [-0.15, -0.1) is 0 Å². The minimum Gasteiger partial charge on any atom is -0.480 e. The van der Waals surface area contributed by atoms with E-state index in [-0.39, 0.29) is 24.5 Å². The van der Waals surface area contributed by atoms with Gasteiger partial charge in [-0.1, -0.05) is 271 Å². The molecule has 2 fully saturated rings. The van der Waals surface area contributed by atoms with Crippen molar-refractivity contribution >= 4 is 88.6 Å². The molecule has 0 bridgehead atoms. The topological polar surface area (TPSA) is 290 Å². The fourth-order valence-electron chi connectivity index (χ4n) is 13.2. The Hall–Kier alpha value is -9.65. The Kier molecular flexibility index (Phi) is 36.9. The van der Waals surface area contributed by atoms with E-state index in [1.807, 2.05) is 243 Å². The number of ether oxygens (including phenoxy) is 2. The van der Waals surface area contributed by atoms with E-state index < -0.39 is 96.0 Å². The summed E-state index contributed by atoms with van der Waals surface area (Å²) >= 11 is 26.3. The van der Waals surface area contributed by atoms with Crippen LogP contribution in [0.3, 0.4) is 0 Å². The average Bonchev–Trinajstić information content (AvgIpc) is 1.58. The number of nitrogens with one attached hydrogen (secondary N) is 1. The van der Waals surface area contributed by atoms with Gasteiger partial charge in [0, 0.05) is 55.8 Å². The minimum atomic E-state index is -1.20. The first-order chi connectivity index (χ1) is 55.2. The van der Waals surface area contributed by atoms with Gasteiger partial charge in [-0.25, -0.2) is 19.4 Å². The second-order valence-corrected chi connectivity index (χ2v) is 31.8. The van der Waals surface area contributed by atoms with Gasteiger partial charge in [0.25, 0.3) is 5.91 Å². The van der Waals surface area contributed by atoms with Gasteiger partial charge < -0.3 is 45.5 Å². The summed E-state index contributed by atoms with van der Waals surface area (Å²) in [5.41, 5.74) is 11.9. The maximum Gasteiger partial charge on any atom is 0.418 e. The average molecular weight is 1660 g/mol. The van der Waals surface area contributed by atoms with Crippen LogP contribution in [0.5, 0.6) is 0 Å². The fourth-order valence-corrected chi connectivity index (χ4v) is 14.4. The molecule has 20 nitrogen and oxygen atoms in total. The highest BCUT2D eigenvalue weighted by Crippen LogP contribution is 2.48. The van der Waals surface area contributed by atoms with Crippen molar-refractivity contribution in [3.63, 3.8) is 0 Å². The second-order valence-electron chi connectivity index (χ2n) is 30.1. The monoisotopic (exact) mass is 1660 g/mol. The number of nitrogens with zero attached hydrogens (tertiary/aromatic N) is 4. The van der Waals surface area contributed by atoms with Crippen LogP contribution in [-0.2, 0) is 59.1 Å². The zero-order chi connectivity index (χ0) is 84.8. The normalized spacial score (nSPS) is 16.9. The van der Waals surface area contributed by atoms with Crippen LogP contribution in [0.4, 0.5) is 9.59 Å². The highest BCUT2D eigenvalue weighted by Gasteiger charge is 2.56. The molecule has 9 aromatic rings. The zero-order valence-electron chi connectivity index (χ0n) is 66.8. The van der Waals surface area contributed by atoms with E-state index in [9.17, 15) is 54.0 Å². The zero-order valence-corrected chi connectivity index (χ0v) is 69.8. The van der Waals surface area contributed by atoms with Crippen LogP contribution in [0.25, 0.3) is 0 Å². The molecular weight excluding hydrogens is 1550 g/mol. The molecular formula is C92H106Cl4N6O14. The van der Waals surface area contributed by atoms with Crippen molar-refractivity contribution in [2.45, 2.75) is 192 Å². The van der Waals surface area contributed by atoms with Gasteiger partial charge >= 0.3 is 24.1 Å². The molecule has 616 valence electrons. The molecule has 2 heterocycles. The van der Waals surface area contributed by atoms with Crippen LogP contribution >= 0.6 is 46.4 Å². The van der Waals surface area contributed by atoms with E-state index in [2.05, 4.69) is 5.32 Å². The number of carbonyl (C=O) groups excluding carboxylic acids is 5. The second kappa shape index (κ2) is 45.7. The van der Waals surface area contributed by atoms with Gasteiger partial charge in [-0.3, -0.25) is 34.3 Å². The van der Waals surface area contributed by atoms with Crippen molar-refractivity contribution < 1.29 is 68.6 Å². The lowest BCUT2D eigenvalue weighted by Gasteiger charge is -2.37. The molecule has 24 heteroatoms. The molecule has 11 rings (SSSR count). The Labute approximate surface area is 700 Å². The van der Waals surface area contributed by atoms with Crippen molar-refractivity contribution in [1.82, 2.24) is 24.9 Å². The first-order valence-corrected chi connectivity index (χ1v) is 40.0. The third kappa shape index (κ3) is 28.0. The van der Waals surface area contributed by atoms with E-state index in [0.717, 1.165) is 55.9 Å². The smallest absolute Gasteiger partial charge is 0.418 e. The number of halogens is 4. The molecule has 0 aromatic heterocycles. The number of amides is 4. The Bertz CT molecular complexity index is 4520. The van der Waals surface area contributed by atoms with Crippen LogP contribution in [0.1, 0.15) is 169 Å². The lowest BCUT2D eigenvalue weighted by molar-refractivity contribution is -0.143. The maximum absolute atomic E-state index is 14.2. The van der Waals surface area contributed by atoms with Gasteiger partial charge in [-0.05, 0) is 170 Å². The van der Waals surface area contributed by atoms with Gasteiger partial charge in [0.05, 0.1) is 24.9 Å². The summed E-state index contributed by atoms with van der Waals surface area (Å²) in [5, 5.41) is 53.7. The summed E-state index contributed by atoms with van der Waals surface area (Å²) < 4.78 is 11.2. The molecule has 0 radical (unpaired) electrons. The predicted molar refractivity (Wildman–Crippen MR) is 455 cm³/mol. The first kappa shape index (κ1) is 93.5. The summed E-state index contributed by atoms with van der Waals surface area (Å²) in [6, 6.07) is 74.3. The fraction of sp³-hybridized carbons (Fsp3) is 0.337. The summed E-state index contributed by atoms with van der Waals surface area (Å²) in [6.45, 7) is 16.3. The molecule has 4 amide bonds. The number of aliphatic hydroxyl groups excluding tert-OH is 3. The molecule has 0 unspecified atom stereocenters. The molecule has 9 aromatic carbocycles. The summed E-state index contributed by atoms with van der Waals surface area (Å²) in [5.74, 6) is -3.12. The first-order valence-electron chi connectivity index (χ1n) is 38.5. The van der Waals surface area contributed by atoms with Crippen LogP contribution in [0.2, 0.25) is 20.1 Å². The van der Waals surface area contributed by atoms with E-state index in [4.69, 9.17) is 66.7 Å². The Morgan fingerprint density at radius 3 is 1.22 bits per heavy atom. The van der Waals surface area contributed by atoms with Crippen molar-refractivity contribution in [3.8, 4) is 0 Å². The number of aliphatic carboxylic acids is 2. The molecule has 2 aliphatic heterocycles. The molecule has 2 aliphatic rings. The number of carboxylic acids is 2. The highest BCUT2D eigenvalue weighted by atomic mass is 35.5. The van der Waals surface area contributed by atoms with Crippen LogP contribution < -0.4 is 11.1 Å². The van der Waals surface area contributed by atoms with Crippen molar-refractivity contribution in [3.05, 3.63) is 319 Å². The lowest BCUT2D eigenvalue weighted by atomic mass is 9.97. The van der Waals surface area contributed by atoms with Gasteiger partial charge in [0.2, 0.25) is 5.91 Å². The molecule has 116 heavy (non-hydrogen) atoms. The number of aryl methyl sites for hydroxylation is 4. The van der Waals surface area contributed by atoms with E-state index in [1.165, 1.54) is 5.56 Å². The van der Waals surface area contributed by atoms with Crippen LogP contribution in [0, 0.1) is 0 Å². The summed E-state index contributed by atoms with van der Waals surface area (Å²) in [6.07, 6.45) is -0.990. The Morgan fingerprint density at radius 1 is 0.474 bits per heavy atom. The molecule has 8 N–H and O–H groups in total. The van der Waals surface area contributed by atoms with E-state index in [0.29, 0.717) is 76.2 Å². The third-order valence-corrected chi connectivity index (χ3v) is 20.6. The number of imide groups is 2. The van der Waals surface area contributed by atoms with Crippen LogP contribution in [0.15, 0.2) is 249 Å². The minimum absolute atomic E-state index is 0.0432. The number of hydrogen-bond acceptors (Lipinski definition) is 16. The van der Waals surface area contributed by atoms with Crippen molar-refractivity contribution in [2.24, 2.45) is 5.73 Å². The summed E-state index contributed by atoms with van der Waals surface area (Å²) in [4.78, 5) is 91.6. The van der Waals surface area contributed by atoms with Gasteiger partial charge in [0.15, 0.2) is 0 Å². The Morgan fingerprint density at radius 2 is 0.828 bits per heavy atom. The van der Waals surface area contributed by atoms with Crippen molar-refractivity contribution in [2.75, 3.05) is 6.54 Å². The maximum atomic E-state index is 14.2. The van der Waals surface area contributed by atoms with Gasteiger partial charge in [0.1, 0.15) is 47.9 Å². The number of hydrogen-bond donors (Lipinski definition) is 7. The number of benzene rings is 9. The number of aldehydes is 1. The third-order valence-electron chi connectivity index (χ3n) is 19.2. The largest absolute Gasteiger partial charge is 0.480 e. The van der Waals surface area contributed by atoms with Gasteiger partial charge in [-0.2, -0.15) is 0 Å².